The number of methoxy groups -OCH3 is 1. The predicted octanol–water partition coefficient (Wildman–Crippen LogP) is 2.64. The molecule has 0 spiro atoms. The number of nitrogens with one attached hydrogen (secondary N) is 2. The molecule has 2 aliphatic rings. The molecule has 2 N–H and O–H groups in total. The summed E-state index contributed by atoms with van der Waals surface area (Å²) in [6.07, 6.45) is 0.383. The lowest BCUT2D eigenvalue weighted by Gasteiger charge is -2.40. The van der Waals surface area contributed by atoms with Crippen LogP contribution in [0.25, 0.3) is 10.9 Å². The monoisotopic (exact) mass is 426 g/mol. The summed E-state index contributed by atoms with van der Waals surface area (Å²) in [4.78, 5) is 29.4. The molecular weight excluding hydrogens is 408 g/mol. The van der Waals surface area contributed by atoms with Gasteiger partial charge in [0.25, 0.3) is 0 Å². The van der Waals surface area contributed by atoms with E-state index in [1.807, 2.05) is 24.3 Å². The number of aromatic nitrogens is 1. The van der Waals surface area contributed by atoms with Crippen molar-refractivity contribution < 1.29 is 23.8 Å². The number of hydrogen-bond donors (Lipinski definition) is 2. The second-order valence-electron chi connectivity index (χ2n) is 7.32. The number of Topliss-reactive ketones (excluding diaryl/α,β-unsaturated/α-hetero) is 1. The highest BCUT2D eigenvalue weighted by atomic mass is 35.5. The Kier molecular flexibility index (Phi) is 4.45. The van der Waals surface area contributed by atoms with Gasteiger partial charge in [0.1, 0.15) is 11.6 Å². The molecule has 2 unspecified atom stereocenters. The molecule has 154 valence electrons. The van der Waals surface area contributed by atoms with Gasteiger partial charge in [-0.05, 0) is 29.3 Å². The standard InChI is InChI=1S/C22H19ClN2O5/c1-28-21(27)16-9-14-13-4-2-3-5-15(13)24-20(14)22(25-16,19(26)10-23)12-6-7-17-18(8-12)30-11-29-17/h2-8,16,24-25H,9-11H2,1H3. The summed E-state index contributed by atoms with van der Waals surface area (Å²) in [5, 5.41) is 4.21. The van der Waals surface area contributed by atoms with Gasteiger partial charge in [-0.3, -0.25) is 14.9 Å². The molecule has 7 nitrogen and oxygen atoms in total. The largest absolute Gasteiger partial charge is 0.468 e. The van der Waals surface area contributed by atoms with E-state index in [2.05, 4.69) is 10.3 Å². The molecule has 30 heavy (non-hydrogen) atoms. The van der Waals surface area contributed by atoms with Crippen LogP contribution in [-0.4, -0.2) is 42.6 Å². The molecule has 0 bridgehead atoms. The van der Waals surface area contributed by atoms with E-state index >= 15 is 0 Å². The summed E-state index contributed by atoms with van der Waals surface area (Å²) in [5.74, 6) is 0.158. The van der Waals surface area contributed by atoms with Crippen LogP contribution in [0, 0.1) is 0 Å². The molecule has 3 heterocycles. The van der Waals surface area contributed by atoms with E-state index in [0.29, 0.717) is 29.2 Å². The van der Waals surface area contributed by atoms with Crippen LogP contribution in [0.1, 0.15) is 16.8 Å². The van der Waals surface area contributed by atoms with Crippen molar-refractivity contribution in [3.05, 3.63) is 59.3 Å². The van der Waals surface area contributed by atoms with Crippen molar-refractivity contribution in [2.24, 2.45) is 0 Å². The Morgan fingerprint density at radius 1 is 1.20 bits per heavy atom. The number of benzene rings is 2. The van der Waals surface area contributed by atoms with Crippen LogP contribution in [0.15, 0.2) is 42.5 Å². The third kappa shape index (κ3) is 2.62. The highest BCUT2D eigenvalue weighted by Crippen LogP contribution is 2.44. The number of carbonyl (C=O) groups is 2. The lowest BCUT2D eigenvalue weighted by molar-refractivity contribution is -0.144. The topological polar surface area (TPSA) is 89.7 Å². The number of H-pyrrole nitrogens is 1. The number of alkyl halides is 1. The molecule has 5 rings (SSSR count). The molecule has 2 atom stereocenters. The molecule has 0 aliphatic carbocycles. The van der Waals surface area contributed by atoms with Crippen molar-refractivity contribution in [1.82, 2.24) is 10.3 Å². The maximum atomic E-state index is 13.4. The van der Waals surface area contributed by atoms with Crippen LogP contribution in [0.2, 0.25) is 0 Å². The number of aromatic amines is 1. The molecular formula is C22H19ClN2O5. The molecule has 0 amide bonds. The Labute approximate surface area is 177 Å². The van der Waals surface area contributed by atoms with E-state index in [1.54, 1.807) is 18.2 Å². The van der Waals surface area contributed by atoms with Crippen molar-refractivity contribution in [2.45, 2.75) is 18.0 Å². The Morgan fingerprint density at radius 3 is 2.80 bits per heavy atom. The number of rotatable bonds is 4. The minimum absolute atomic E-state index is 0.116. The maximum absolute atomic E-state index is 13.4. The number of ether oxygens (including phenoxy) is 3. The molecule has 3 aromatic rings. The highest BCUT2D eigenvalue weighted by molar-refractivity contribution is 6.29. The van der Waals surface area contributed by atoms with Crippen molar-refractivity contribution in [3.63, 3.8) is 0 Å². The van der Waals surface area contributed by atoms with Crippen LogP contribution in [-0.2, 0) is 26.3 Å². The molecule has 0 fully saturated rings. The normalized spacial score (nSPS) is 22.0. The lowest BCUT2D eigenvalue weighted by Crippen LogP contribution is -2.61. The van der Waals surface area contributed by atoms with Crippen molar-refractivity contribution in [1.29, 1.82) is 0 Å². The molecule has 0 saturated carbocycles. The zero-order chi connectivity index (χ0) is 20.9. The quantitative estimate of drug-likeness (QED) is 0.492. The average molecular weight is 427 g/mol. The van der Waals surface area contributed by atoms with Gasteiger partial charge in [0.15, 0.2) is 17.3 Å². The van der Waals surface area contributed by atoms with Crippen molar-refractivity contribution in [3.8, 4) is 11.5 Å². The predicted molar refractivity (Wildman–Crippen MR) is 110 cm³/mol. The molecule has 1 aromatic heterocycles. The first-order chi connectivity index (χ1) is 14.6. The van der Waals surface area contributed by atoms with Crippen LogP contribution >= 0.6 is 11.6 Å². The first kappa shape index (κ1) is 19.0. The lowest BCUT2D eigenvalue weighted by atomic mass is 9.76. The van der Waals surface area contributed by atoms with Crippen LogP contribution < -0.4 is 14.8 Å². The van der Waals surface area contributed by atoms with Gasteiger partial charge in [0.05, 0.1) is 18.7 Å². The van der Waals surface area contributed by atoms with Gasteiger partial charge in [-0.2, -0.15) is 0 Å². The highest BCUT2D eigenvalue weighted by Gasteiger charge is 2.50. The second-order valence-corrected chi connectivity index (χ2v) is 7.59. The number of esters is 1. The summed E-state index contributed by atoms with van der Waals surface area (Å²) in [6, 6.07) is 12.3. The maximum Gasteiger partial charge on any atom is 0.323 e. The fourth-order valence-electron chi connectivity index (χ4n) is 4.44. The van der Waals surface area contributed by atoms with Crippen LogP contribution in [0.3, 0.4) is 0 Å². The number of ketones is 1. The number of para-hydroxylation sites is 1. The van der Waals surface area contributed by atoms with E-state index < -0.39 is 17.6 Å². The second kappa shape index (κ2) is 7.04. The Morgan fingerprint density at radius 2 is 2.00 bits per heavy atom. The van der Waals surface area contributed by atoms with Gasteiger partial charge >= 0.3 is 5.97 Å². The van der Waals surface area contributed by atoms with E-state index in [0.717, 1.165) is 16.5 Å². The van der Waals surface area contributed by atoms with Crippen molar-refractivity contribution >= 4 is 34.3 Å². The van der Waals surface area contributed by atoms with E-state index in [4.69, 9.17) is 25.8 Å². The Balaban J connectivity index is 1.81. The molecule has 8 heteroatoms. The van der Waals surface area contributed by atoms with Gasteiger partial charge in [-0.25, -0.2) is 0 Å². The smallest absolute Gasteiger partial charge is 0.323 e. The molecule has 2 aromatic carbocycles. The summed E-state index contributed by atoms with van der Waals surface area (Å²) in [7, 11) is 1.33. The van der Waals surface area contributed by atoms with Gasteiger partial charge < -0.3 is 19.2 Å². The van der Waals surface area contributed by atoms with Gasteiger partial charge in [-0.15, -0.1) is 11.6 Å². The third-order valence-electron chi connectivity index (χ3n) is 5.82. The Hall–Kier alpha value is -3.03. The fraction of sp³-hybridized carbons (Fsp3) is 0.273. The first-order valence-corrected chi connectivity index (χ1v) is 10.1. The van der Waals surface area contributed by atoms with E-state index in [-0.39, 0.29) is 18.5 Å². The molecule has 0 radical (unpaired) electrons. The summed E-state index contributed by atoms with van der Waals surface area (Å²) < 4.78 is 16.0. The minimum Gasteiger partial charge on any atom is -0.468 e. The van der Waals surface area contributed by atoms with Crippen LogP contribution in [0.5, 0.6) is 11.5 Å². The van der Waals surface area contributed by atoms with E-state index in [1.165, 1.54) is 7.11 Å². The fourth-order valence-corrected chi connectivity index (χ4v) is 4.64. The number of fused-ring (bicyclic) bond motifs is 4. The number of carbonyl (C=O) groups excluding carboxylic acids is 2. The molecule has 0 saturated heterocycles. The molecule has 2 aliphatic heterocycles. The zero-order valence-corrected chi connectivity index (χ0v) is 16.9. The summed E-state index contributed by atoms with van der Waals surface area (Å²) in [6.45, 7) is 0.116. The Bertz CT molecular complexity index is 1170. The van der Waals surface area contributed by atoms with Gasteiger partial charge in [0.2, 0.25) is 6.79 Å². The van der Waals surface area contributed by atoms with Gasteiger partial charge in [-0.1, -0.05) is 24.3 Å². The first-order valence-electron chi connectivity index (χ1n) is 9.53. The summed E-state index contributed by atoms with van der Waals surface area (Å²) in [5.41, 5.74) is 1.68. The summed E-state index contributed by atoms with van der Waals surface area (Å²) >= 11 is 6.09. The van der Waals surface area contributed by atoms with Crippen molar-refractivity contribution in [2.75, 3.05) is 19.8 Å². The number of hydrogen-bond acceptors (Lipinski definition) is 6. The average Bonchev–Trinajstić information content (AvgIpc) is 3.41. The minimum atomic E-state index is -1.37. The zero-order valence-electron chi connectivity index (χ0n) is 16.2. The number of halogens is 1. The van der Waals surface area contributed by atoms with Crippen LogP contribution in [0.4, 0.5) is 0 Å². The van der Waals surface area contributed by atoms with Gasteiger partial charge in [0, 0.05) is 17.3 Å². The SMILES string of the molecule is COC(=O)C1Cc2c([nH]c3ccccc23)C(C(=O)CCl)(c2ccc3c(c2)OCO3)N1. The van der Waals surface area contributed by atoms with E-state index in [9.17, 15) is 9.59 Å². The third-order valence-corrected chi connectivity index (χ3v) is 6.06.